The molecule has 3 atom stereocenters. The van der Waals surface area contributed by atoms with Gasteiger partial charge in [-0.2, -0.15) is 10.2 Å². The monoisotopic (exact) mass is 576 g/mol. The maximum atomic E-state index is 11.7. The van der Waals surface area contributed by atoms with Crippen LogP contribution in [0.25, 0.3) is 0 Å². The van der Waals surface area contributed by atoms with E-state index in [1.54, 1.807) is 0 Å². The normalized spacial score (nSPS) is 27.7. The summed E-state index contributed by atoms with van der Waals surface area (Å²) < 4.78 is 0. The summed E-state index contributed by atoms with van der Waals surface area (Å²) in [5.41, 5.74) is 14.1. The number of hydrogen-bond donors (Lipinski definition) is 3. The summed E-state index contributed by atoms with van der Waals surface area (Å²) in [5, 5.41) is 33.3. The molecule has 0 radical (unpaired) electrons. The van der Waals surface area contributed by atoms with E-state index in [0.717, 1.165) is 91.9 Å². The number of hydrogen-bond acceptors (Lipinski definition) is 8. The SMILES string of the molecule is CCC1=C(C)C2=NC1=CC1=C(C)C3=C(O)CC(=C4NC(=CC5=NC(=C2)C([C@H]2CCN=N2)=C5C)[C@@H](C)[C@@H]4CCC(=O)O)C3=N1. The van der Waals surface area contributed by atoms with Crippen LogP contribution in [0, 0.1) is 11.8 Å². The second-order valence-corrected chi connectivity index (χ2v) is 12.2. The Kier molecular flexibility index (Phi) is 6.45. The van der Waals surface area contributed by atoms with Gasteiger partial charge in [-0.05, 0) is 80.6 Å². The second kappa shape index (κ2) is 10.1. The van der Waals surface area contributed by atoms with Crippen LogP contribution in [-0.4, -0.2) is 45.9 Å². The van der Waals surface area contributed by atoms with Crippen molar-refractivity contribution in [3.05, 3.63) is 91.5 Å². The Morgan fingerprint density at radius 3 is 2.51 bits per heavy atom. The van der Waals surface area contributed by atoms with Crippen molar-refractivity contribution in [1.29, 1.82) is 0 Å². The van der Waals surface area contributed by atoms with Gasteiger partial charge in [0.25, 0.3) is 0 Å². The predicted octanol–water partition coefficient (Wildman–Crippen LogP) is 6.75. The first-order valence-electron chi connectivity index (χ1n) is 15.2. The molecule has 0 saturated carbocycles. The van der Waals surface area contributed by atoms with E-state index in [9.17, 15) is 15.0 Å². The van der Waals surface area contributed by atoms with Gasteiger partial charge < -0.3 is 15.5 Å². The average Bonchev–Trinajstić information content (AvgIpc) is 3.79. The Morgan fingerprint density at radius 1 is 1.02 bits per heavy atom. The second-order valence-electron chi connectivity index (χ2n) is 12.2. The fourth-order valence-corrected chi connectivity index (χ4v) is 7.42. The lowest BCUT2D eigenvalue weighted by Gasteiger charge is -2.17. The molecule has 1 fully saturated rings. The number of carboxylic acid groups (broad SMARTS) is 1. The minimum Gasteiger partial charge on any atom is -0.511 e. The smallest absolute Gasteiger partial charge is 0.303 e. The molecule has 3 N–H and O–H groups in total. The molecule has 6 aliphatic heterocycles. The highest BCUT2D eigenvalue weighted by atomic mass is 16.4. The molecule has 220 valence electrons. The number of aliphatic hydroxyl groups excluding tert-OH is 1. The molecule has 0 aromatic carbocycles. The van der Waals surface area contributed by atoms with Crippen LogP contribution in [0.2, 0.25) is 0 Å². The van der Waals surface area contributed by atoms with Crippen LogP contribution < -0.4 is 5.32 Å². The van der Waals surface area contributed by atoms with Gasteiger partial charge in [0.05, 0.1) is 46.8 Å². The van der Waals surface area contributed by atoms with Gasteiger partial charge in [0.15, 0.2) is 0 Å². The Morgan fingerprint density at radius 2 is 1.79 bits per heavy atom. The Labute approximate surface area is 251 Å². The number of aliphatic hydroxyl groups is 1. The van der Waals surface area contributed by atoms with Crippen molar-refractivity contribution in [2.45, 2.75) is 72.8 Å². The minimum atomic E-state index is -0.819. The largest absolute Gasteiger partial charge is 0.511 e. The van der Waals surface area contributed by atoms with Crippen LogP contribution in [0.15, 0.2) is 117 Å². The molecule has 0 aromatic rings. The van der Waals surface area contributed by atoms with Crippen molar-refractivity contribution in [1.82, 2.24) is 5.32 Å². The summed E-state index contributed by atoms with van der Waals surface area (Å²) in [6.45, 7) is 11.2. The zero-order chi connectivity index (χ0) is 30.2. The van der Waals surface area contributed by atoms with Gasteiger partial charge in [-0.3, -0.25) is 4.79 Å². The van der Waals surface area contributed by atoms with Gasteiger partial charge in [-0.25, -0.2) is 15.0 Å². The van der Waals surface area contributed by atoms with E-state index >= 15 is 0 Å². The summed E-state index contributed by atoms with van der Waals surface area (Å²) >= 11 is 0. The average molecular weight is 577 g/mol. The lowest BCUT2D eigenvalue weighted by molar-refractivity contribution is -0.137. The number of azo groups is 1. The van der Waals surface area contributed by atoms with E-state index in [1.807, 2.05) is 13.0 Å². The van der Waals surface area contributed by atoms with Crippen molar-refractivity contribution in [2.24, 2.45) is 37.0 Å². The van der Waals surface area contributed by atoms with Crippen molar-refractivity contribution in [2.75, 3.05) is 6.54 Å². The summed E-state index contributed by atoms with van der Waals surface area (Å²) in [6, 6.07) is -0.0421. The van der Waals surface area contributed by atoms with Crippen molar-refractivity contribution < 1.29 is 15.0 Å². The van der Waals surface area contributed by atoms with Crippen LogP contribution in [0.3, 0.4) is 0 Å². The molecule has 43 heavy (non-hydrogen) atoms. The first-order valence-corrected chi connectivity index (χ1v) is 15.2. The molecule has 9 heteroatoms. The summed E-state index contributed by atoms with van der Waals surface area (Å²) in [6.07, 6.45) is 8.82. The minimum absolute atomic E-state index is 0.0252. The fraction of sp³-hybridized carbons (Fsp3) is 0.412. The van der Waals surface area contributed by atoms with Gasteiger partial charge >= 0.3 is 5.97 Å². The van der Waals surface area contributed by atoms with E-state index in [-0.39, 0.29) is 24.3 Å². The van der Waals surface area contributed by atoms with Crippen LogP contribution in [-0.2, 0) is 4.79 Å². The van der Waals surface area contributed by atoms with Gasteiger partial charge in [-0.15, -0.1) is 0 Å². The Balaban J connectivity index is 1.47. The van der Waals surface area contributed by atoms with Gasteiger partial charge in [0, 0.05) is 52.8 Å². The van der Waals surface area contributed by atoms with Gasteiger partial charge in [0.1, 0.15) is 5.76 Å². The van der Waals surface area contributed by atoms with E-state index < -0.39 is 5.97 Å². The third-order valence-corrected chi connectivity index (χ3v) is 9.83. The lowest BCUT2D eigenvalue weighted by Crippen LogP contribution is -2.15. The molecule has 0 aromatic heterocycles. The molecule has 8 bridgehead atoms. The summed E-state index contributed by atoms with van der Waals surface area (Å²) in [4.78, 5) is 27.0. The molecule has 1 saturated heterocycles. The molecule has 9 nitrogen and oxygen atoms in total. The lowest BCUT2D eigenvalue weighted by atomic mass is 9.86. The number of fused-ring (bicyclic) bond motifs is 5. The molecule has 0 unspecified atom stereocenters. The number of nitrogens with zero attached hydrogens (tertiary/aromatic N) is 5. The highest BCUT2D eigenvalue weighted by Gasteiger charge is 2.41. The first kappa shape index (κ1) is 27.4. The van der Waals surface area contributed by atoms with Gasteiger partial charge in [0.2, 0.25) is 0 Å². The number of aliphatic imine (C=N–C) groups is 3. The maximum Gasteiger partial charge on any atom is 0.303 e. The fourth-order valence-electron chi connectivity index (χ4n) is 7.42. The van der Waals surface area contributed by atoms with E-state index in [2.05, 4.69) is 55.4 Å². The molecule has 6 heterocycles. The highest BCUT2D eigenvalue weighted by Crippen LogP contribution is 2.46. The van der Waals surface area contributed by atoms with Crippen molar-refractivity contribution in [3.63, 3.8) is 0 Å². The molecule has 0 spiro atoms. The van der Waals surface area contributed by atoms with Crippen LogP contribution in [0.4, 0.5) is 0 Å². The topological polar surface area (TPSA) is 131 Å². The summed E-state index contributed by atoms with van der Waals surface area (Å²) in [5.74, 6) is -0.552. The van der Waals surface area contributed by atoms with Gasteiger partial charge in [-0.1, -0.05) is 13.8 Å². The number of carbonyl (C=O) groups is 1. The molecular formula is C34H36N6O3. The van der Waals surface area contributed by atoms with Crippen LogP contribution >= 0.6 is 0 Å². The Hall–Kier alpha value is -4.40. The predicted molar refractivity (Wildman–Crippen MR) is 167 cm³/mol. The highest BCUT2D eigenvalue weighted by molar-refractivity contribution is 6.21. The number of nitrogens with one attached hydrogen (secondary N) is 1. The molecule has 1 aliphatic carbocycles. The van der Waals surface area contributed by atoms with Crippen LogP contribution in [0.5, 0.6) is 0 Å². The zero-order valence-corrected chi connectivity index (χ0v) is 25.2. The van der Waals surface area contributed by atoms with E-state index in [0.29, 0.717) is 25.1 Å². The third-order valence-electron chi connectivity index (χ3n) is 9.83. The van der Waals surface area contributed by atoms with E-state index in [1.165, 1.54) is 5.57 Å². The molecular weight excluding hydrogens is 540 g/mol. The first-order chi connectivity index (χ1) is 20.7. The zero-order valence-electron chi connectivity index (χ0n) is 25.2. The standard InChI is InChI=1S/C34H36N6O3/c1-6-19-15(2)23-14-28-31(22-9-10-35-40-22)17(4)25(37-28)12-24-16(3)20(7-8-30(42)43)33(38-24)21-11-29(41)32-18(5)26(39-34(21)32)13-27(19)36-23/h12-14,16,20,22,38,41H,6-11H2,1-5H3,(H,42,43)/t16-,20-,22+/m0/s1. The maximum absolute atomic E-state index is 11.7. The third kappa shape index (κ3) is 4.27. The van der Waals surface area contributed by atoms with E-state index in [4.69, 9.17) is 15.0 Å². The van der Waals surface area contributed by atoms with Crippen LogP contribution in [0.1, 0.15) is 66.7 Å². The summed E-state index contributed by atoms with van der Waals surface area (Å²) in [7, 11) is 0. The molecule has 7 rings (SSSR count). The van der Waals surface area contributed by atoms with Crippen molar-refractivity contribution >= 4 is 23.1 Å². The number of allylic oxidation sites excluding steroid dienone is 11. The molecule has 7 aliphatic rings. The molecule has 0 amide bonds. The Bertz CT molecular complexity index is 1780. The number of carboxylic acids is 1. The quantitative estimate of drug-likeness (QED) is 0.334. The number of rotatable bonds is 5. The van der Waals surface area contributed by atoms with Crippen molar-refractivity contribution in [3.8, 4) is 0 Å². The number of aliphatic carboxylic acids is 1.